The Bertz CT molecular complexity index is 1300. The van der Waals surface area contributed by atoms with Crippen LogP contribution in [0, 0.1) is 36.0 Å². The lowest BCUT2D eigenvalue weighted by Crippen LogP contribution is -2.28. The molecule has 2 aliphatic carbocycles. The summed E-state index contributed by atoms with van der Waals surface area (Å²) in [6.07, 6.45) is 9.15. The van der Waals surface area contributed by atoms with E-state index in [0.717, 1.165) is 78.2 Å². The van der Waals surface area contributed by atoms with E-state index in [-0.39, 0.29) is 0 Å². The molecule has 5 nitrogen and oxygen atoms in total. The zero-order valence-electron chi connectivity index (χ0n) is 24.3. The number of hydrogen-bond donors (Lipinski definition) is 1. The summed E-state index contributed by atoms with van der Waals surface area (Å²) in [5.74, 6) is 3.76. The second kappa shape index (κ2) is 10.6. The van der Waals surface area contributed by atoms with Crippen LogP contribution in [0.3, 0.4) is 0 Å². The summed E-state index contributed by atoms with van der Waals surface area (Å²) in [6, 6.07) is 10.5. The van der Waals surface area contributed by atoms with Crippen molar-refractivity contribution in [2.75, 3.05) is 18.4 Å². The maximum atomic E-state index is 6.77. The van der Waals surface area contributed by atoms with E-state index in [1.165, 1.54) is 43.4 Å². The number of nitrogens with one attached hydrogen (secondary N) is 1. The summed E-state index contributed by atoms with van der Waals surface area (Å²) >= 11 is 6.77. The van der Waals surface area contributed by atoms with Gasteiger partial charge in [-0.3, -0.25) is 4.90 Å². The highest BCUT2D eigenvalue weighted by Crippen LogP contribution is 2.51. The Hall–Kier alpha value is -2.37. The van der Waals surface area contributed by atoms with Gasteiger partial charge in [-0.2, -0.15) is 5.10 Å². The van der Waals surface area contributed by atoms with Crippen LogP contribution in [0.25, 0.3) is 16.9 Å². The Morgan fingerprint density at radius 2 is 1.79 bits per heavy atom. The molecule has 1 aromatic carbocycles. The SMILES string of the molecule is Cc1nc(-c2ccc(-n3cc4c(n3)CN(CC(C)(C)C)C4)cc2)c(Cl)cc1NCCC1CCC2C(C)CCC12. The van der Waals surface area contributed by atoms with Gasteiger partial charge in [0.2, 0.25) is 0 Å². The van der Waals surface area contributed by atoms with Crippen LogP contribution in [-0.2, 0) is 13.1 Å². The van der Waals surface area contributed by atoms with Gasteiger partial charge in [-0.25, -0.2) is 9.67 Å². The number of nitrogens with zero attached hydrogens (tertiary/aromatic N) is 4. The molecule has 3 aliphatic rings. The number of halogens is 1. The largest absolute Gasteiger partial charge is 0.384 e. The van der Waals surface area contributed by atoms with Gasteiger partial charge < -0.3 is 5.32 Å². The lowest BCUT2D eigenvalue weighted by molar-refractivity contribution is 0.191. The van der Waals surface area contributed by atoms with E-state index in [4.69, 9.17) is 21.7 Å². The predicted octanol–water partition coefficient (Wildman–Crippen LogP) is 8.13. The lowest BCUT2D eigenvalue weighted by Gasteiger charge is -2.25. The molecule has 0 radical (unpaired) electrons. The molecule has 3 heterocycles. The van der Waals surface area contributed by atoms with Gasteiger partial charge in [0.1, 0.15) is 0 Å². The Balaban J connectivity index is 1.08. The van der Waals surface area contributed by atoms with Gasteiger partial charge in [0, 0.05) is 43.5 Å². The van der Waals surface area contributed by atoms with Crippen LogP contribution in [-0.4, -0.2) is 32.8 Å². The highest BCUT2D eigenvalue weighted by molar-refractivity contribution is 6.33. The quantitative estimate of drug-likeness (QED) is 0.325. The number of fused-ring (bicyclic) bond motifs is 2. The molecule has 2 saturated carbocycles. The Morgan fingerprint density at radius 1 is 1.03 bits per heavy atom. The number of pyridine rings is 1. The molecule has 6 heteroatoms. The average Bonchev–Trinajstić information content (AvgIpc) is 3.63. The first-order valence-corrected chi connectivity index (χ1v) is 15.3. The normalized spacial score (nSPS) is 24.8. The fourth-order valence-electron chi connectivity index (χ4n) is 7.63. The van der Waals surface area contributed by atoms with Gasteiger partial charge in [-0.15, -0.1) is 0 Å². The number of rotatable bonds is 7. The van der Waals surface area contributed by atoms with Crippen LogP contribution >= 0.6 is 11.6 Å². The standard InChI is InChI=1S/C33H44ClN5/c1-21-6-12-28-23(9-13-27(21)28)14-15-35-30-16-29(34)32(36-22(30)2)24-7-10-26(11-8-24)39-18-25-17-38(19-31(25)37-39)20-33(3,4)5/h7-8,10-11,16,18,21,23,27-28,35H,6,9,12-15,17,19-20H2,1-5H3. The molecule has 0 amide bonds. The molecule has 3 aromatic rings. The van der Waals surface area contributed by atoms with E-state index in [2.05, 4.69) is 81.4 Å². The zero-order valence-corrected chi connectivity index (χ0v) is 25.1. The van der Waals surface area contributed by atoms with E-state index in [1.807, 2.05) is 4.68 Å². The Labute approximate surface area is 239 Å². The first kappa shape index (κ1) is 26.8. The Morgan fingerprint density at radius 3 is 2.54 bits per heavy atom. The minimum absolute atomic E-state index is 0.296. The third-order valence-corrected chi connectivity index (χ3v) is 9.75. The molecule has 1 N–H and O–H groups in total. The van der Waals surface area contributed by atoms with Crippen molar-refractivity contribution in [3.8, 4) is 16.9 Å². The monoisotopic (exact) mass is 545 g/mol. The molecule has 0 spiro atoms. The minimum atomic E-state index is 0.296. The van der Waals surface area contributed by atoms with Crippen molar-refractivity contribution >= 4 is 17.3 Å². The molecule has 208 valence electrons. The van der Waals surface area contributed by atoms with Gasteiger partial charge in [0.05, 0.1) is 33.5 Å². The first-order chi connectivity index (χ1) is 18.6. The first-order valence-electron chi connectivity index (χ1n) is 15.0. The average molecular weight is 546 g/mol. The van der Waals surface area contributed by atoms with E-state index < -0.39 is 0 Å². The molecule has 4 unspecified atom stereocenters. The summed E-state index contributed by atoms with van der Waals surface area (Å²) in [4.78, 5) is 7.40. The number of anilines is 1. The molecule has 0 saturated heterocycles. The van der Waals surface area contributed by atoms with Gasteiger partial charge in [-0.05, 0) is 79.9 Å². The van der Waals surface area contributed by atoms with Gasteiger partial charge in [0.15, 0.2) is 0 Å². The van der Waals surface area contributed by atoms with Crippen LogP contribution in [0.15, 0.2) is 36.5 Å². The maximum Gasteiger partial charge on any atom is 0.0893 e. The minimum Gasteiger partial charge on any atom is -0.384 e. The number of aryl methyl sites for hydroxylation is 1. The molecule has 2 aromatic heterocycles. The van der Waals surface area contributed by atoms with Crippen LogP contribution in [0.2, 0.25) is 5.02 Å². The van der Waals surface area contributed by atoms with Crippen LogP contribution in [0.1, 0.15) is 76.8 Å². The van der Waals surface area contributed by atoms with Crippen molar-refractivity contribution in [3.05, 3.63) is 58.5 Å². The van der Waals surface area contributed by atoms with E-state index in [0.29, 0.717) is 10.4 Å². The molecule has 4 atom stereocenters. The van der Waals surface area contributed by atoms with E-state index in [9.17, 15) is 0 Å². The maximum absolute atomic E-state index is 6.77. The summed E-state index contributed by atoms with van der Waals surface area (Å²) in [6.45, 7) is 15.4. The van der Waals surface area contributed by atoms with Crippen LogP contribution < -0.4 is 5.32 Å². The number of aromatic nitrogens is 3. The molecule has 0 bridgehead atoms. The number of benzene rings is 1. The molecule has 1 aliphatic heterocycles. The highest BCUT2D eigenvalue weighted by atomic mass is 35.5. The van der Waals surface area contributed by atoms with Crippen molar-refractivity contribution < 1.29 is 0 Å². The van der Waals surface area contributed by atoms with Crippen molar-refractivity contribution in [2.45, 2.75) is 79.8 Å². The smallest absolute Gasteiger partial charge is 0.0893 e. The predicted molar refractivity (Wildman–Crippen MR) is 161 cm³/mol. The van der Waals surface area contributed by atoms with Gasteiger partial charge in [-0.1, -0.05) is 57.8 Å². The highest BCUT2D eigenvalue weighted by Gasteiger charge is 2.42. The van der Waals surface area contributed by atoms with Crippen molar-refractivity contribution in [3.63, 3.8) is 0 Å². The van der Waals surface area contributed by atoms with Crippen molar-refractivity contribution in [1.82, 2.24) is 19.7 Å². The van der Waals surface area contributed by atoms with E-state index >= 15 is 0 Å². The fraction of sp³-hybridized carbons (Fsp3) is 0.576. The second-order valence-electron chi connectivity index (χ2n) is 13.7. The zero-order chi connectivity index (χ0) is 27.3. The van der Waals surface area contributed by atoms with E-state index in [1.54, 1.807) is 0 Å². The Kier molecular flexibility index (Phi) is 7.26. The summed E-state index contributed by atoms with van der Waals surface area (Å²) in [7, 11) is 0. The molecule has 39 heavy (non-hydrogen) atoms. The molecule has 2 fully saturated rings. The summed E-state index contributed by atoms with van der Waals surface area (Å²) in [5, 5.41) is 9.24. The fourth-order valence-corrected chi connectivity index (χ4v) is 7.89. The molecular formula is C33H44ClN5. The van der Waals surface area contributed by atoms with Gasteiger partial charge >= 0.3 is 0 Å². The lowest BCUT2D eigenvalue weighted by atomic mass is 9.88. The van der Waals surface area contributed by atoms with Crippen LogP contribution in [0.4, 0.5) is 5.69 Å². The third-order valence-electron chi connectivity index (χ3n) is 9.46. The van der Waals surface area contributed by atoms with Gasteiger partial charge in [0.25, 0.3) is 0 Å². The topological polar surface area (TPSA) is 46.0 Å². The summed E-state index contributed by atoms with van der Waals surface area (Å²) in [5.41, 5.74) is 7.81. The van der Waals surface area contributed by atoms with Crippen LogP contribution in [0.5, 0.6) is 0 Å². The summed E-state index contributed by atoms with van der Waals surface area (Å²) < 4.78 is 2.01. The molecular weight excluding hydrogens is 502 g/mol. The van der Waals surface area contributed by atoms with Crippen molar-refractivity contribution in [1.29, 1.82) is 0 Å². The number of hydrogen-bond acceptors (Lipinski definition) is 4. The third kappa shape index (κ3) is 5.63. The van der Waals surface area contributed by atoms with Crippen molar-refractivity contribution in [2.24, 2.45) is 29.1 Å². The second-order valence-corrected chi connectivity index (χ2v) is 14.1. The molecule has 6 rings (SSSR count).